The molecule has 2 aromatic rings. The zero-order valence-electron chi connectivity index (χ0n) is 12.7. The van der Waals surface area contributed by atoms with E-state index >= 15 is 0 Å². The smallest absolute Gasteiger partial charge is 0.265 e. The largest absolute Gasteiger partial charge is 0.335 e. The van der Waals surface area contributed by atoms with Crippen molar-refractivity contribution in [3.8, 4) is 0 Å². The van der Waals surface area contributed by atoms with Gasteiger partial charge in [0.15, 0.2) is 0 Å². The Balaban J connectivity index is 1.69. The maximum atomic E-state index is 12.6. The summed E-state index contributed by atoms with van der Waals surface area (Å²) in [4.78, 5) is 19.1. The van der Waals surface area contributed by atoms with E-state index in [0.29, 0.717) is 31.1 Å². The Morgan fingerprint density at radius 3 is 2.35 bits per heavy atom. The van der Waals surface area contributed by atoms with Crippen molar-refractivity contribution in [3.63, 3.8) is 0 Å². The molecule has 1 fully saturated rings. The first-order valence-corrected chi connectivity index (χ1v) is 9.56. The molecule has 1 amide bonds. The van der Waals surface area contributed by atoms with Crippen molar-refractivity contribution in [2.45, 2.75) is 11.8 Å². The molecule has 6 nitrogen and oxygen atoms in total. The van der Waals surface area contributed by atoms with E-state index in [1.807, 2.05) is 0 Å². The average molecular weight is 351 g/mol. The summed E-state index contributed by atoms with van der Waals surface area (Å²) in [5.74, 6) is -0.0678. The molecule has 1 aliphatic rings. The number of aryl methyl sites for hydroxylation is 1. The molecule has 0 atom stereocenters. The van der Waals surface area contributed by atoms with Gasteiger partial charge in [-0.05, 0) is 19.1 Å². The van der Waals surface area contributed by atoms with Crippen LogP contribution in [0.2, 0.25) is 0 Å². The molecule has 23 heavy (non-hydrogen) atoms. The summed E-state index contributed by atoms with van der Waals surface area (Å²) in [6.07, 6.45) is 0. The van der Waals surface area contributed by atoms with Crippen molar-refractivity contribution in [3.05, 3.63) is 46.4 Å². The molecule has 0 unspecified atom stereocenters. The Labute approximate surface area is 139 Å². The van der Waals surface area contributed by atoms with E-state index in [0.717, 1.165) is 5.69 Å². The number of hydrogen-bond acceptors (Lipinski definition) is 5. The maximum absolute atomic E-state index is 12.6. The summed E-state index contributed by atoms with van der Waals surface area (Å²) in [5.41, 5.74) is 2.37. The van der Waals surface area contributed by atoms with Crippen molar-refractivity contribution in [1.82, 2.24) is 14.2 Å². The van der Waals surface area contributed by atoms with Crippen LogP contribution in [0.1, 0.15) is 15.4 Å². The molecule has 0 bridgehead atoms. The second-order valence-electron chi connectivity index (χ2n) is 5.28. The summed E-state index contributed by atoms with van der Waals surface area (Å²) < 4.78 is 26.6. The van der Waals surface area contributed by atoms with Gasteiger partial charge in [0.1, 0.15) is 4.88 Å². The summed E-state index contributed by atoms with van der Waals surface area (Å²) in [6, 6.07) is 8.38. The summed E-state index contributed by atoms with van der Waals surface area (Å²) >= 11 is 1.32. The molecular formula is C15H17N3O3S2. The molecule has 1 aromatic heterocycles. The van der Waals surface area contributed by atoms with Crippen LogP contribution in [0.15, 0.2) is 40.7 Å². The number of carbonyl (C=O) groups excluding carboxylic acids is 1. The van der Waals surface area contributed by atoms with Crippen LogP contribution in [0.5, 0.6) is 0 Å². The molecule has 1 saturated heterocycles. The number of thiazole rings is 1. The van der Waals surface area contributed by atoms with Crippen LogP contribution in [0.3, 0.4) is 0 Å². The molecule has 0 saturated carbocycles. The van der Waals surface area contributed by atoms with Crippen LogP contribution in [-0.2, 0) is 10.0 Å². The molecule has 8 heteroatoms. The fourth-order valence-electron chi connectivity index (χ4n) is 2.52. The van der Waals surface area contributed by atoms with E-state index in [1.165, 1.54) is 15.6 Å². The zero-order valence-corrected chi connectivity index (χ0v) is 14.3. The zero-order chi connectivity index (χ0) is 16.4. The van der Waals surface area contributed by atoms with Gasteiger partial charge < -0.3 is 4.90 Å². The fraction of sp³-hybridized carbons (Fsp3) is 0.333. The van der Waals surface area contributed by atoms with Crippen LogP contribution in [0.25, 0.3) is 0 Å². The highest BCUT2D eigenvalue weighted by Gasteiger charge is 2.31. The number of aromatic nitrogens is 1. The molecule has 0 spiro atoms. The van der Waals surface area contributed by atoms with Gasteiger partial charge in [0.05, 0.1) is 16.1 Å². The summed E-state index contributed by atoms with van der Waals surface area (Å²) in [7, 11) is -3.49. The predicted octanol–water partition coefficient (Wildman–Crippen LogP) is 1.60. The third kappa shape index (κ3) is 3.15. The van der Waals surface area contributed by atoms with Crippen LogP contribution in [-0.4, -0.2) is 54.7 Å². The second kappa shape index (κ2) is 6.38. The van der Waals surface area contributed by atoms with Crippen LogP contribution >= 0.6 is 11.3 Å². The topological polar surface area (TPSA) is 70.6 Å². The fourth-order valence-corrected chi connectivity index (χ4v) is 4.74. The van der Waals surface area contributed by atoms with Crippen LogP contribution in [0, 0.1) is 6.92 Å². The third-order valence-electron chi connectivity index (χ3n) is 3.85. The van der Waals surface area contributed by atoms with Crippen molar-refractivity contribution in [1.29, 1.82) is 0 Å². The Kier molecular flexibility index (Phi) is 4.47. The molecule has 1 aliphatic heterocycles. The minimum Gasteiger partial charge on any atom is -0.335 e. The van der Waals surface area contributed by atoms with Gasteiger partial charge in [-0.25, -0.2) is 13.4 Å². The van der Waals surface area contributed by atoms with E-state index in [9.17, 15) is 13.2 Å². The normalized spacial score (nSPS) is 16.5. The van der Waals surface area contributed by atoms with Crippen molar-refractivity contribution >= 4 is 27.3 Å². The number of nitrogens with zero attached hydrogens (tertiary/aromatic N) is 3. The lowest BCUT2D eigenvalue weighted by Crippen LogP contribution is -2.50. The molecule has 3 rings (SSSR count). The lowest BCUT2D eigenvalue weighted by atomic mass is 10.3. The van der Waals surface area contributed by atoms with Gasteiger partial charge in [0.25, 0.3) is 5.91 Å². The lowest BCUT2D eigenvalue weighted by molar-refractivity contribution is 0.0702. The van der Waals surface area contributed by atoms with Crippen molar-refractivity contribution in [2.75, 3.05) is 26.2 Å². The van der Waals surface area contributed by atoms with Gasteiger partial charge in [-0.2, -0.15) is 4.31 Å². The van der Waals surface area contributed by atoms with Gasteiger partial charge >= 0.3 is 0 Å². The Hall–Kier alpha value is -1.77. The lowest BCUT2D eigenvalue weighted by Gasteiger charge is -2.33. The third-order valence-corrected chi connectivity index (χ3v) is 6.68. The second-order valence-corrected chi connectivity index (χ2v) is 8.07. The van der Waals surface area contributed by atoms with Crippen molar-refractivity contribution < 1.29 is 13.2 Å². The van der Waals surface area contributed by atoms with Crippen molar-refractivity contribution in [2.24, 2.45) is 0 Å². The average Bonchev–Trinajstić information content (AvgIpc) is 3.01. The minimum absolute atomic E-state index is 0.0678. The quantitative estimate of drug-likeness (QED) is 0.842. The van der Waals surface area contributed by atoms with Gasteiger partial charge in [-0.15, -0.1) is 11.3 Å². The first-order valence-electron chi connectivity index (χ1n) is 7.24. The van der Waals surface area contributed by atoms with E-state index < -0.39 is 10.0 Å². The van der Waals surface area contributed by atoms with Crippen LogP contribution in [0.4, 0.5) is 0 Å². The SMILES string of the molecule is Cc1ncsc1C(=O)N1CCN(S(=O)(=O)c2ccccc2)CC1. The first-order chi connectivity index (χ1) is 11.0. The highest BCUT2D eigenvalue weighted by molar-refractivity contribution is 7.89. The Bertz CT molecular complexity index is 794. The summed E-state index contributed by atoms with van der Waals surface area (Å²) in [6.45, 7) is 3.20. The molecule has 2 heterocycles. The number of benzene rings is 1. The van der Waals surface area contributed by atoms with Crippen LogP contribution < -0.4 is 0 Å². The number of sulfonamides is 1. The number of rotatable bonds is 3. The number of hydrogen-bond donors (Lipinski definition) is 0. The van der Waals surface area contributed by atoms with Gasteiger partial charge in [0.2, 0.25) is 10.0 Å². The molecule has 0 N–H and O–H groups in total. The first kappa shape index (κ1) is 16.1. The van der Waals surface area contributed by atoms with Gasteiger partial charge in [-0.1, -0.05) is 18.2 Å². The number of amides is 1. The molecular weight excluding hydrogens is 334 g/mol. The van der Waals surface area contributed by atoms with E-state index in [-0.39, 0.29) is 10.8 Å². The predicted molar refractivity (Wildman–Crippen MR) is 88.0 cm³/mol. The highest BCUT2D eigenvalue weighted by atomic mass is 32.2. The van der Waals surface area contributed by atoms with Gasteiger partial charge in [0, 0.05) is 26.2 Å². The number of carbonyl (C=O) groups is 1. The standard InChI is InChI=1S/C15H17N3O3S2/c1-12-14(22-11-16-12)15(19)17-7-9-18(10-8-17)23(20,21)13-5-3-2-4-6-13/h2-6,11H,7-10H2,1H3. The molecule has 122 valence electrons. The Morgan fingerprint density at radius 2 is 1.78 bits per heavy atom. The molecule has 1 aromatic carbocycles. The highest BCUT2D eigenvalue weighted by Crippen LogP contribution is 2.20. The molecule has 0 radical (unpaired) electrons. The monoisotopic (exact) mass is 351 g/mol. The van der Waals surface area contributed by atoms with E-state index in [2.05, 4.69) is 4.98 Å². The minimum atomic E-state index is -3.49. The molecule has 0 aliphatic carbocycles. The number of piperazine rings is 1. The maximum Gasteiger partial charge on any atom is 0.265 e. The Morgan fingerprint density at radius 1 is 1.13 bits per heavy atom. The van der Waals surface area contributed by atoms with Gasteiger partial charge in [-0.3, -0.25) is 4.79 Å². The van der Waals surface area contributed by atoms with E-state index in [4.69, 9.17) is 0 Å². The van der Waals surface area contributed by atoms with E-state index in [1.54, 1.807) is 47.7 Å². The summed E-state index contributed by atoms with van der Waals surface area (Å²) in [5, 5.41) is 0.